The van der Waals surface area contributed by atoms with Gasteiger partial charge in [0.05, 0.1) is 6.10 Å². The molecule has 2 aliphatic rings. The lowest BCUT2D eigenvalue weighted by molar-refractivity contribution is -0.143. The number of rotatable bonds is 5. The van der Waals surface area contributed by atoms with Crippen LogP contribution in [0, 0.1) is 11.8 Å². The van der Waals surface area contributed by atoms with Gasteiger partial charge in [-0.1, -0.05) is 20.3 Å². The molecule has 2 saturated heterocycles. The van der Waals surface area contributed by atoms with Crippen molar-refractivity contribution >= 4 is 17.8 Å². The number of nitrogens with zero attached hydrogens (tertiary/aromatic N) is 1. The summed E-state index contributed by atoms with van der Waals surface area (Å²) in [7, 11) is 0. The molecule has 0 saturated carbocycles. The van der Waals surface area contributed by atoms with E-state index in [1.54, 1.807) is 0 Å². The molecule has 112 valence electrons. The Bertz CT molecular complexity index is 410. The van der Waals surface area contributed by atoms with Crippen molar-refractivity contribution in [3.05, 3.63) is 0 Å². The molecule has 0 aromatic rings. The second kappa shape index (κ2) is 6.35. The first-order valence-corrected chi connectivity index (χ1v) is 7.36. The Morgan fingerprint density at radius 2 is 2.05 bits per heavy atom. The van der Waals surface area contributed by atoms with Gasteiger partial charge in [0.25, 0.3) is 0 Å². The molecule has 0 aromatic carbocycles. The summed E-state index contributed by atoms with van der Waals surface area (Å²) in [5.41, 5.74) is 0. The summed E-state index contributed by atoms with van der Waals surface area (Å²) >= 11 is 0. The van der Waals surface area contributed by atoms with Gasteiger partial charge in [0.2, 0.25) is 11.8 Å². The van der Waals surface area contributed by atoms with Crippen molar-refractivity contribution in [2.24, 2.45) is 11.8 Å². The summed E-state index contributed by atoms with van der Waals surface area (Å²) in [6.45, 7) is 4.96. The molecule has 2 heterocycles. The van der Waals surface area contributed by atoms with Crippen LogP contribution in [-0.4, -0.2) is 42.0 Å². The molecule has 6 nitrogen and oxygen atoms in total. The minimum atomic E-state index is -0.722. The summed E-state index contributed by atoms with van der Waals surface area (Å²) in [5.74, 6) is -1.37. The molecule has 0 aromatic heterocycles. The zero-order chi connectivity index (χ0) is 14.7. The zero-order valence-electron chi connectivity index (χ0n) is 12.1. The monoisotopic (exact) mass is 282 g/mol. The second-order valence-electron chi connectivity index (χ2n) is 5.45. The third kappa shape index (κ3) is 2.85. The van der Waals surface area contributed by atoms with Crippen LogP contribution < -0.4 is 5.32 Å². The van der Waals surface area contributed by atoms with Gasteiger partial charge in [0, 0.05) is 19.1 Å². The molecule has 4 amide bonds. The fraction of sp³-hybridized carbons (Fsp3) is 0.786. The van der Waals surface area contributed by atoms with Crippen LogP contribution in [0.2, 0.25) is 0 Å². The predicted molar refractivity (Wildman–Crippen MR) is 71.8 cm³/mol. The van der Waals surface area contributed by atoms with Crippen molar-refractivity contribution < 1.29 is 19.1 Å². The molecular weight excluding hydrogens is 260 g/mol. The van der Waals surface area contributed by atoms with Crippen LogP contribution in [0.4, 0.5) is 4.79 Å². The maximum Gasteiger partial charge on any atom is 0.330 e. The highest BCUT2D eigenvalue weighted by molar-refractivity contribution is 6.16. The smallest absolute Gasteiger partial charge is 0.330 e. The molecule has 6 heteroatoms. The van der Waals surface area contributed by atoms with Gasteiger partial charge in [-0.3, -0.25) is 19.8 Å². The summed E-state index contributed by atoms with van der Waals surface area (Å²) in [6, 6.07) is -0.589. The summed E-state index contributed by atoms with van der Waals surface area (Å²) < 4.78 is 5.59. The van der Waals surface area contributed by atoms with Crippen LogP contribution in [0.1, 0.15) is 39.5 Å². The third-order valence-corrected chi connectivity index (χ3v) is 4.10. The highest BCUT2D eigenvalue weighted by Crippen LogP contribution is 2.26. The zero-order valence-corrected chi connectivity index (χ0v) is 12.1. The van der Waals surface area contributed by atoms with Crippen molar-refractivity contribution in [2.75, 3.05) is 13.2 Å². The SMILES string of the molecule is CCCC1C(=O)NC(=O)N(CC2CCOC2CC)C1=O. The number of amides is 4. The first-order valence-electron chi connectivity index (χ1n) is 7.36. The molecular formula is C14H22N2O4. The Morgan fingerprint density at radius 3 is 2.70 bits per heavy atom. The number of carbonyl (C=O) groups is 3. The number of hydrogen-bond acceptors (Lipinski definition) is 4. The highest BCUT2D eigenvalue weighted by Gasteiger charge is 2.42. The molecule has 1 N–H and O–H groups in total. The molecule has 0 aliphatic carbocycles. The molecule has 0 radical (unpaired) electrons. The standard InChI is InChI=1S/C14H22N2O4/c1-3-5-10-12(17)15-14(19)16(13(10)18)8-9-6-7-20-11(9)4-2/h9-11H,3-8H2,1-2H3,(H,15,17,19). The van der Waals surface area contributed by atoms with Gasteiger partial charge in [-0.25, -0.2) is 4.79 Å². The van der Waals surface area contributed by atoms with Crippen molar-refractivity contribution in [2.45, 2.75) is 45.6 Å². The number of barbiturate groups is 1. The Balaban J connectivity index is 2.07. The molecule has 2 aliphatic heterocycles. The van der Waals surface area contributed by atoms with E-state index in [-0.39, 0.29) is 17.9 Å². The first kappa shape index (κ1) is 15.0. The normalized spacial score (nSPS) is 30.8. The van der Waals surface area contributed by atoms with Crippen molar-refractivity contribution in [3.8, 4) is 0 Å². The van der Waals surface area contributed by atoms with E-state index in [4.69, 9.17) is 4.74 Å². The first-order chi connectivity index (χ1) is 9.58. The van der Waals surface area contributed by atoms with Gasteiger partial charge in [0.15, 0.2) is 0 Å². The maximum absolute atomic E-state index is 12.3. The van der Waals surface area contributed by atoms with Gasteiger partial charge in [-0.2, -0.15) is 0 Å². The molecule has 2 fully saturated rings. The van der Waals surface area contributed by atoms with Gasteiger partial charge in [-0.05, 0) is 19.3 Å². The quantitative estimate of drug-likeness (QED) is 0.771. The molecule has 3 unspecified atom stereocenters. The molecule has 20 heavy (non-hydrogen) atoms. The summed E-state index contributed by atoms with van der Waals surface area (Å²) in [5, 5.41) is 2.29. The van der Waals surface area contributed by atoms with E-state index in [1.807, 2.05) is 13.8 Å². The number of carbonyl (C=O) groups excluding carboxylic acids is 3. The van der Waals surface area contributed by atoms with E-state index < -0.39 is 17.9 Å². The predicted octanol–water partition coefficient (Wildman–Crippen LogP) is 1.30. The summed E-state index contributed by atoms with van der Waals surface area (Å²) in [6.07, 6.45) is 3.02. The molecule has 2 rings (SSSR count). The molecule has 0 bridgehead atoms. The van der Waals surface area contributed by atoms with Crippen molar-refractivity contribution in [3.63, 3.8) is 0 Å². The fourth-order valence-corrected chi connectivity index (χ4v) is 2.96. The Hall–Kier alpha value is -1.43. The van der Waals surface area contributed by atoms with E-state index in [0.29, 0.717) is 19.6 Å². The Morgan fingerprint density at radius 1 is 1.30 bits per heavy atom. The van der Waals surface area contributed by atoms with Gasteiger partial charge < -0.3 is 4.74 Å². The van der Waals surface area contributed by atoms with E-state index in [2.05, 4.69) is 5.32 Å². The van der Waals surface area contributed by atoms with Crippen LogP contribution in [0.15, 0.2) is 0 Å². The molecule has 0 spiro atoms. The van der Waals surface area contributed by atoms with Crippen LogP contribution in [0.25, 0.3) is 0 Å². The van der Waals surface area contributed by atoms with Crippen molar-refractivity contribution in [1.29, 1.82) is 0 Å². The van der Waals surface area contributed by atoms with Crippen LogP contribution in [-0.2, 0) is 14.3 Å². The average molecular weight is 282 g/mol. The van der Waals surface area contributed by atoms with Crippen LogP contribution >= 0.6 is 0 Å². The van der Waals surface area contributed by atoms with Crippen LogP contribution in [0.5, 0.6) is 0 Å². The van der Waals surface area contributed by atoms with E-state index in [9.17, 15) is 14.4 Å². The number of nitrogens with one attached hydrogen (secondary N) is 1. The second-order valence-corrected chi connectivity index (χ2v) is 5.45. The minimum absolute atomic E-state index is 0.0952. The van der Waals surface area contributed by atoms with Crippen molar-refractivity contribution in [1.82, 2.24) is 10.2 Å². The van der Waals surface area contributed by atoms with Gasteiger partial charge in [-0.15, -0.1) is 0 Å². The lowest BCUT2D eigenvalue weighted by Crippen LogP contribution is -2.59. The fourth-order valence-electron chi connectivity index (χ4n) is 2.96. The number of hydrogen-bond donors (Lipinski definition) is 1. The lowest BCUT2D eigenvalue weighted by Gasteiger charge is -2.32. The number of ether oxygens (including phenoxy) is 1. The Kier molecular flexibility index (Phi) is 4.75. The maximum atomic E-state index is 12.3. The average Bonchev–Trinajstić information content (AvgIpc) is 2.86. The van der Waals surface area contributed by atoms with Gasteiger partial charge >= 0.3 is 6.03 Å². The topological polar surface area (TPSA) is 75.7 Å². The lowest BCUT2D eigenvalue weighted by atomic mass is 9.95. The van der Waals surface area contributed by atoms with E-state index in [0.717, 1.165) is 19.3 Å². The number of imide groups is 2. The van der Waals surface area contributed by atoms with E-state index in [1.165, 1.54) is 4.90 Å². The Labute approximate surface area is 118 Å². The highest BCUT2D eigenvalue weighted by atomic mass is 16.5. The molecule has 3 atom stereocenters. The van der Waals surface area contributed by atoms with E-state index >= 15 is 0 Å². The van der Waals surface area contributed by atoms with Gasteiger partial charge in [0.1, 0.15) is 5.92 Å². The minimum Gasteiger partial charge on any atom is -0.378 e. The van der Waals surface area contributed by atoms with Crippen LogP contribution in [0.3, 0.4) is 0 Å². The third-order valence-electron chi connectivity index (χ3n) is 4.10. The number of urea groups is 1. The largest absolute Gasteiger partial charge is 0.378 e. The summed E-state index contributed by atoms with van der Waals surface area (Å²) in [4.78, 5) is 37.1.